The van der Waals surface area contributed by atoms with Gasteiger partial charge in [0.2, 0.25) is 0 Å². The van der Waals surface area contributed by atoms with Crippen molar-refractivity contribution in [3.05, 3.63) is 17.7 Å². The maximum absolute atomic E-state index is 4.56. The van der Waals surface area contributed by atoms with E-state index in [9.17, 15) is 0 Å². The highest BCUT2D eigenvalue weighted by Gasteiger charge is 2.30. The molecule has 0 radical (unpaired) electrons. The van der Waals surface area contributed by atoms with Gasteiger partial charge in [-0.3, -0.25) is 0 Å². The Morgan fingerprint density at radius 1 is 1.38 bits per heavy atom. The van der Waals surface area contributed by atoms with Crippen LogP contribution in [0.2, 0.25) is 0 Å². The average Bonchev–Trinajstić information content (AvgIpc) is 2.87. The summed E-state index contributed by atoms with van der Waals surface area (Å²) in [6.07, 6.45) is 7.41. The number of hydrogen-bond acceptors (Lipinski definition) is 1. The molecule has 70 valence electrons. The number of hydrogen-bond donors (Lipinski definition) is 0. The first kappa shape index (κ1) is 7.60. The minimum Gasteiger partial charge on any atom is -0.332 e. The van der Waals surface area contributed by atoms with Crippen LogP contribution >= 0.6 is 0 Å². The SMILES string of the molecule is CC1CCn2c(cnc2C2CC2)C1. The molecule has 1 saturated carbocycles. The molecule has 0 aromatic carbocycles. The average molecular weight is 176 g/mol. The third-order valence-electron chi connectivity index (χ3n) is 3.31. The molecule has 1 aliphatic carbocycles. The van der Waals surface area contributed by atoms with Gasteiger partial charge in [-0.05, 0) is 31.6 Å². The summed E-state index contributed by atoms with van der Waals surface area (Å²) in [5, 5.41) is 0. The molecule has 1 fully saturated rings. The first-order valence-corrected chi connectivity index (χ1v) is 5.39. The van der Waals surface area contributed by atoms with E-state index in [0.717, 1.165) is 11.8 Å². The highest BCUT2D eigenvalue weighted by Crippen LogP contribution is 2.40. The Kier molecular flexibility index (Phi) is 1.52. The van der Waals surface area contributed by atoms with E-state index in [1.807, 2.05) is 0 Å². The van der Waals surface area contributed by atoms with Gasteiger partial charge in [-0.1, -0.05) is 6.92 Å². The summed E-state index contributed by atoms with van der Waals surface area (Å²) in [6, 6.07) is 0. The van der Waals surface area contributed by atoms with Crippen LogP contribution in [-0.4, -0.2) is 9.55 Å². The van der Waals surface area contributed by atoms with E-state index in [-0.39, 0.29) is 0 Å². The molecule has 0 saturated heterocycles. The first-order chi connectivity index (χ1) is 6.34. The second kappa shape index (κ2) is 2.60. The van der Waals surface area contributed by atoms with Crippen molar-refractivity contribution in [2.45, 2.75) is 45.1 Å². The van der Waals surface area contributed by atoms with Gasteiger partial charge in [-0.15, -0.1) is 0 Å². The highest BCUT2D eigenvalue weighted by atomic mass is 15.1. The summed E-state index contributed by atoms with van der Waals surface area (Å²) in [6.45, 7) is 3.55. The smallest absolute Gasteiger partial charge is 0.111 e. The van der Waals surface area contributed by atoms with Crippen LogP contribution in [0, 0.1) is 5.92 Å². The van der Waals surface area contributed by atoms with Gasteiger partial charge in [0.05, 0.1) is 0 Å². The molecule has 2 heteroatoms. The fourth-order valence-electron chi connectivity index (χ4n) is 2.32. The molecule has 2 heterocycles. The van der Waals surface area contributed by atoms with Crippen LogP contribution in [-0.2, 0) is 13.0 Å². The van der Waals surface area contributed by atoms with Crippen LogP contribution in [0.3, 0.4) is 0 Å². The van der Waals surface area contributed by atoms with Crippen molar-refractivity contribution in [3.63, 3.8) is 0 Å². The second-order valence-corrected chi connectivity index (χ2v) is 4.63. The minimum absolute atomic E-state index is 0.808. The summed E-state index contributed by atoms with van der Waals surface area (Å²) < 4.78 is 2.47. The maximum atomic E-state index is 4.56. The summed E-state index contributed by atoms with van der Waals surface area (Å²) >= 11 is 0. The molecular formula is C11H16N2. The van der Waals surface area contributed by atoms with Crippen molar-refractivity contribution >= 4 is 0 Å². The van der Waals surface area contributed by atoms with E-state index >= 15 is 0 Å². The molecule has 1 atom stereocenters. The minimum atomic E-state index is 0.808. The largest absolute Gasteiger partial charge is 0.332 e. The van der Waals surface area contributed by atoms with Gasteiger partial charge in [0.25, 0.3) is 0 Å². The molecule has 1 unspecified atom stereocenters. The lowest BCUT2D eigenvalue weighted by molar-refractivity contribution is 0.409. The first-order valence-electron chi connectivity index (χ1n) is 5.39. The Labute approximate surface area is 79.0 Å². The molecule has 0 amide bonds. The Morgan fingerprint density at radius 2 is 2.23 bits per heavy atom. The van der Waals surface area contributed by atoms with Crippen LogP contribution in [0.15, 0.2) is 6.20 Å². The van der Waals surface area contributed by atoms with Crippen molar-refractivity contribution in [2.24, 2.45) is 5.92 Å². The quantitative estimate of drug-likeness (QED) is 0.642. The molecule has 1 aromatic heterocycles. The zero-order chi connectivity index (χ0) is 8.84. The fraction of sp³-hybridized carbons (Fsp3) is 0.727. The Balaban J connectivity index is 1.97. The van der Waals surface area contributed by atoms with Crippen LogP contribution in [0.5, 0.6) is 0 Å². The lowest BCUT2D eigenvalue weighted by Gasteiger charge is -2.21. The van der Waals surface area contributed by atoms with Crippen LogP contribution < -0.4 is 0 Å². The molecule has 13 heavy (non-hydrogen) atoms. The van der Waals surface area contributed by atoms with Crippen LogP contribution in [0.1, 0.15) is 43.6 Å². The lowest BCUT2D eigenvalue weighted by atomic mass is 9.98. The Morgan fingerprint density at radius 3 is 3.00 bits per heavy atom. The number of fused-ring (bicyclic) bond motifs is 1. The van der Waals surface area contributed by atoms with Crippen molar-refractivity contribution in [2.75, 3.05) is 0 Å². The van der Waals surface area contributed by atoms with E-state index in [4.69, 9.17) is 0 Å². The Hall–Kier alpha value is -0.790. The van der Waals surface area contributed by atoms with Crippen molar-refractivity contribution < 1.29 is 0 Å². The van der Waals surface area contributed by atoms with E-state index in [1.165, 1.54) is 43.7 Å². The lowest BCUT2D eigenvalue weighted by Crippen LogP contribution is -2.18. The predicted molar refractivity (Wildman–Crippen MR) is 51.7 cm³/mol. The van der Waals surface area contributed by atoms with Crippen LogP contribution in [0.25, 0.3) is 0 Å². The molecule has 3 rings (SSSR count). The van der Waals surface area contributed by atoms with Crippen molar-refractivity contribution in [1.82, 2.24) is 9.55 Å². The maximum Gasteiger partial charge on any atom is 0.111 e. The molecule has 0 bridgehead atoms. The van der Waals surface area contributed by atoms with Gasteiger partial charge in [-0.25, -0.2) is 4.98 Å². The molecule has 2 aliphatic rings. The van der Waals surface area contributed by atoms with Crippen molar-refractivity contribution in [1.29, 1.82) is 0 Å². The zero-order valence-corrected chi connectivity index (χ0v) is 8.16. The van der Waals surface area contributed by atoms with Gasteiger partial charge < -0.3 is 4.57 Å². The number of imidazole rings is 1. The Bertz CT molecular complexity index is 323. The highest BCUT2D eigenvalue weighted by molar-refractivity contribution is 5.15. The summed E-state index contributed by atoms with van der Waals surface area (Å²) in [5.41, 5.74) is 1.47. The van der Waals surface area contributed by atoms with E-state index in [2.05, 4.69) is 22.7 Å². The zero-order valence-electron chi connectivity index (χ0n) is 8.16. The third-order valence-corrected chi connectivity index (χ3v) is 3.31. The van der Waals surface area contributed by atoms with E-state index in [0.29, 0.717) is 0 Å². The predicted octanol–water partition coefficient (Wildman–Crippen LogP) is 2.34. The topological polar surface area (TPSA) is 17.8 Å². The van der Waals surface area contributed by atoms with Crippen LogP contribution in [0.4, 0.5) is 0 Å². The second-order valence-electron chi connectivity index (χ2n) is 4.63. The monoisotopic (exact) mass is 176 g/mol. The third kappa shape index (κ3) is 1.19. The molecule has 2 nitrogen and oxygen atoms in total. The molecular weight excluding hydrogens is 160 g/mol. The molecule has 1 aliphatic heterocycles. The summed E-state index contributed by atoms with van der Waals surface area (Å²) in [5.74, 6) is 3.04. The van der Waals surface area contributed by atoms with Gasteiger partial charge in [-0.2, -0.15) is 0 Å². The van der Waals surface area contributed by atoms with Gasteiger partial charge in [0, 0.05) is 24.4 Å². The fourth-order valence-corrected chi connectivity index (χ4v) is 2.32. The standard InChI is InChI=1S/C11H16N2/c1-8-4-5-13-10(6-8)7-12-11(13)9-2-3-9/h7-9H,2-6H2,1H3. The molecule has 0 N–H and O–H groups in total. The number of nitrogens with zero attached hydrogens (tertiary/aromatic N) is 2. The number of aromatic nitrogens is 2. The van der Waals surface area contributed by atoms with Crippen molar-refractivity contribution in [3.8, 4) is 0 Å². The van der Waals surface area contributed by atoms with E-state index in [1.54, 1.807) is 0 Å². The number of rotatable bonds is 1. The normalized spacial score (nSPS) is 27.3. The van der Waals surface area contributed by atoms with E-state index < -0.39 is 0 Å². The summed E-state index contributed by atoms with van der Waals surface area (Å²) in [7, 11) is 0. The molecule has 0 spiro atoms. The van der Waals surface area contributed by atoms with Gasteiger partial charge in [0.1, 0.15) is 5.82 Å². The molecule has 1 aromatic rings. The van der Waals surface area contributed by atoms with Gasteiger partial charge in [0.15, 0.2) is 0 Å². The summed E-state index contributed by atoms with van der Waals surface area (Å²) in [4.78, 5) is 4.56. The van der Waals surface area contributed by atoms with Gasteiger partial charge >= 0.3 is 0 Å².